The zero-order chi connectivity index (χ0) is 12.7. The molecule has 0 radical (unpaired) electrons. The van der Waals surface area contributed by atoms with Crippen LogP contribution < -0.4 is 4.74 Å². The maximum absolute atomic E-state index is 10.9. The Hall–Kier alpha value is -1.55. The summed E-state index contributed by atoms with van der Waals surface area (Å²) >= 11 is 0. The van der Waals surface area contributed by atoms with Gasteiger partial charge in [0, 0.05) is 12.2 Å². The molecule has 0 heterocycles. The van der Waals surface area contributed by atoms with Gasteiger partial charge in [-0.2, -0.15) is 0 Å². The van der Waals surface area contributed by atoms with Crippen LogP contribution in [0.2, 0.25) is 0 Å². The second-order valence-corrected chi connectivity index (χ2v) is 3.69. The molecule has 17 heavy (non-hydrogen) atoms. The average Bonchev–Trinajstić information content (AvgIpc) is 2.30. The topological polar surface area (TPSA) is 55.8 Å². The van der Waals surface area contributed by atoms with Gasteiger partial charge in [-0.15, -0.1) is 0 Å². The Balaban J connectivity index is 2.54. The fourth-order valence-electron chi connectivity index (χ4n) is 1.46. The average molecular weight is 238 g/mol. The van der Waals surface area contributed by atoms with Crippen molar-refractivity contribution in [1.29, 1.82) is 0 Å². The Morgan fingerprint density at radius 3 is 2.71 bits per heavy atom. The molecule has 0 saturated carbocycles. The van der Waals surface area contributed by atoms with Crippen molar-refractivity contribution in [3.05, 3.63) is 29.3 Å². The van der Waals surface area contributed by atoms with Crippen molar-refractivity contribution in [1.82, 2.24) is 0 Å². The number of hydrogen-bond donors (Lipinski definition) is 1. The molecule has 4 nitrogen and oxygen atoms in total. The first-order chi connectivity index (χ1) is 8.16. The molecule has 0 saturated heterocycles. The summed E-state index contributed by atoms with van der Waals surface area (Å²) in [4.78, 5) is 10.9. The predicted molar refractivity (Wildman–Crippen MR) is 64.7 cm³/mol. The molecule has 0 aliphatic rings. The number of carboxylic acid groups (broad SMARTS) is 1. The second-order valence-electron chi connectivity index (χ2n) is 3.69. The molecule has 0 aliphatic carbocycles. The van der Waals surface area contributed by atoms with Gasteiger partial charge in [-0.25, -0.2) is 4.79 Å². The SMILES string of the molecule is CCCOCCOc1cccc(C(=O)O)c1C. The van der Waals surface area contributed by atoms with Crippen LogP contribution in [0.15, 0.2) is 18.2 Å². The molecular weight excluding hydrogens is 220 g/mol. The zero-order valence-electron chi connectivity index (χ0n) is 10.2. The Morgan fingerprint density at radius 1 is 1.29 bits per heavy atom. The zero-order valence-corrected chi connectivity index (χ0v) is 10.2. The highest BCUT2D eigenvalue weighted by Gasteiger charge is 2.10. The van der Waals surface area contributed by atoms with E-state index < -0.39 is 5.97 Å². The molecule has 0 amide bonds. The molecule has 0 spiro atoms. The third kappa shape index (κ3) is 4.07. The van der Waals surface area contributed by atoms with Crippen molar-refractivity contribution in [2.24, 2.45) is 0 Å². The van der Waals surface area contributed by atoms with Crippen LogP contribution in [-0.2, 0) is 4.74 Å². The van der Waals surface area contributed by atoms with E-state index in [1.165, 1.54) is 0 Å². The molecule has 0 bridgehead atoms. The lowest BCUT2D eigenvalue weighted by Crippen LogP contribution is -2.09. The minimum Gasteiger partial charge on any atom is -0.491 e. The van der Waals surface area contributed by atoms with Gasteiger partial charge in [-0.05, 0) is 25.5 Å². The van der Waals surface area contributed by atoms with E-state index in [4.69, 9.17) is 14.6 Å². The first-order valence-electron chi connectivity index (χ1n) is 5.70. The highest BCUT2D eigenvalue weighted by Crippen LogP contribution is 2.21. The Kier molecular flexibility index (Phi) is 5.49. The monoisotopic (exact) mass is 238 g/mol. The van der Waals surface area contributed by atoms with Crippen LogP contribution in [0.3, 0.4) is 0 Å². The maximum atomic E-state index is 10.9. The van der Waals surface area contributed by atoms with E-state index >= 15 is 0 Å². The molecule has 0 unspecified atom stereocenters. The van der Waals surface area contributed by atoms with E-state index in [2.05, 4.69) is 0 Å². The van der Waals surface area contributed by atoms with Crippen LogP contribution in [0.25, 0.3) is 0 Å². The predicted octanol–water partition coefficient (Wildman–Crippen LogP) is 2.50. The quantitative estimate of drug-likeness (QED) is 0.741. The lowest BCUT2D eigenvalue weighted by molar-refractivity contribution is 0.0695. The number of ether oxygens (including phenoxy) is 2. The largest absolute Gasteiger partial charge is 0.491 e. The highest BCUT2D eigenvalue weighted by molar-refractivity contribution is 5.90. The van der Waals surface area contributed by atoms with E-state index in [9.17, 15) is 4.79 Å². The second kappa shape index (κ2) is 6.91. The first-order valence-corrected chi connectivity index (χ1v) is 5.70. The van der Waals surface area contributed by atoms with Gasteiger partial charge in [0.15, 0.2) is 0 Å². The van der Waals surface area contributed by atoms with Crippen LogP contribution in [0.4, 0.5) is 0 Å². The maximum Gasteiger partial charge on any atom is 0.336 e. The van der Waals surface area contributed by atoms with Gasteiger partial charge in [-0.3, -0.25) is 0 Å². The van der Waals surface area contributed by atoms with Gasteiger partial charge >= 0.3 is 5.97 Å². The van der Waals surface area contributed by atoms with Crippen LogP contribution in [0.5, 0.6) is 5.75 Å². The minimum atomic E-state index is -0.935. The molecule has 0 atom stereocenters. The molecule has 1 aromatic carbocycles. The van der Waals surface area contributed by atoms with Gasteiger partial charge in [0.1, 0.15) is 12.4 Å². The van der Waals surface area contributed by atoms with Crippen molar-refractivity contribution in [2.75, 3.05) is 19.8 Å². The van der Waals surface area contributed by atoms with Crippen LogP contribution in [0, 0.1) is 6.92 Å². The van der Waals surface area contributed by atoms with Crippen LogP contribution in [-0.4, -0.2) is 30.9 Å². The fourth-order valence-corrected chi connectivity index (χ4v) is 1.46. The lowest BCUT2D eigenvalue weighted by atomic mass is 10.1. The number of aromatic carboxylic acids is 1. The Bertz CT molecular complexity index is 374. The third-order valence-electron chi connectivity index (χ3n) is 2.35. The molecule has 0 fully saturated rings. The van der Waals surface area contributed by atoms with E-state index in [0.29, 0.717) is 24.5 Å². The van der Waals surface area contributed by atoms with E-state index in [0.717, 1.165) is 13.0 Å². The first kappa shape index (κ1) is 13.5. The van der Waals surface area contributed by atoms with Crippen molar-refractivity contribution in [2.45, 2.75) is 20.3 Å². The van der Waals surface area contributed by atoms with Crippen molar-refractivity contribution >= 4 is 5.97 Å². The van der Waals surface area contributed by atoms with Crippen molar-refractivity contribution in [3.63, 3.8) is 0 Å². The molecular formula is C13H18O4. The van der Waals surface area contributed by atoms with Gasteiger partial charge < -0.3 is 14.6 Å². The molecule has 0 aliphatic heterocycles. The summed E-state index contributed by atoms with van der Waals surface area (Å²) in [6.45, 7) is 5.46. The molecule has 1 N–H and O–H groups in total. The molecule has 1 aromatic rings. The summed E-state index contributed by atoms with van der Waals surface area (Å²) in [6, 6.07) is 5.01. The molecule has 4 heteroatoms. The third-order valence-corrected chi connectivity index (χ3v) is 2.35. The molecule has 0 aromatic heterocycles. The number of carbonyl (C=O) groups is 1. The minimum absolute atomic E-state index is 0.275. The van der Waals surface area contributed by atoms with Gasteiger partial charge in [0.25, 0.3) is 0 Å². The summed E-state index contributed by atoms with van der Waals surface area (Å²) < 4.78 is 10.8. The van der Waals surface area contributed by atoms with Crippen molar-refractivity contribution in [3.8, 4) is 5.75 Å². The molecule has 1 rings (SSSR count). The van der Waals surface area contributed by atoms with E-state index in [1.807, 2.05) is 6.92 Å². The van der Waals surface area contributed by atoms with Gasteiger partial charge in [0.2, 0.25) is 0 Å². The summed E-state index contributed by atoms with van der Waals surface area (Å²) in [6.07, 6.45) is 0.980. The van der Waals surface area contributed by atoms with E-state index in [1.54, 1.807) is 25.1 Å². The van der Waals surface area contributed by atoms with Gasteiger partial charge in [0.05, 0.1) is 12.2 Å². The Morgan fingerprint density at radius 2 is 2.06 bits per heavy atom. The summed E-state index contributed by atoms with van der Waals surface area (Å²) in [5.41, 5.74) is 0.924. The van der Waals surface area contributed by atoms with Crippen LogP contribution in [0.1, 0.15) is 29.3 Å². The number of hydrogen-bond acceptors (Lipinski definition) is 3. The number of carboxylic acids is 1. The summed E-state index contributed by atoms with van der Waals surface area (Å²) in [5, 5.41) is 8.95. The standard InChI is InChI=1S/C13H18O4/c1-3-7-16-8-9-17-12-6-4-5-11(10(12)2)13(14)15/h4-6H,3,7-9H2,1-2H3,(H,14,15). The molecule has 94 valence electrons. The smallest absolute Gasteiger partial charge is 0.336 e. The van der Waals surface area contributed by atoms with E-state index in [-0.39, 0.29) is 5.56 Å². The lowest BCUT2D eigenvalue weighted by Gasteiger charge is -2.10. The van der Waals surface area contributed by atoms with Crippen LogP contribution >= 0.6 is 0 Å². The summed E-state index contributed by atoms with van der Waals surface area (Å²) in [7, 11) is 0. The van der Waals surface area contributed by atoms with Gasteiger partial charge in [-0.1, -0.05) is 13.0 Å². The Labute approximate surface area is 101 Å². The number of rotatable bonds is 7. The number of benzene rings is 1. The van der Waals surface area contributed by atoms with Crippen molar-refractivity contribution < 1.29 is 19.4 Å². The summed E-state index contributed by atoms with van der Waals surface area (Å²) in [5.74, 6) is -0.333. The highest BCUT2D eigenvalue weighted by atomic mass is 16.5. The normalized spacial score (nSPS) is 10.2. The fraction of sp³-hybridized carbons (Fsp3) is 0.462.